The van der Waals surface area contributed by atoms with Gasteiger partial charge in [0.25, 0.3) is 5.91 Å². The molecule has 2 N–H and O–H groups in total. The number of nitrogens with one attached hydrogen (secondary N) is 2. The van der Waals surface area contributed by atoms with Gasteiger partial charge in [0.05, 0.1) is 17.4 Å². The summed E-state index contributed by atoms with van der Waals surface area (Å²) in [5, 5.41) is 5.91. The van der Waals surface area contributed by atoms with Crippen LogP contribution in [0.15, 0.2) is 66.9 Å². The summed E-state index contributed by atoms with van der Waals surface area (Å²) in [5.74, 6) is -0.00651. The van der Waals surface area contributed by atoms with Gasteiger partial charge in [0, 0.05) is 16.3 Å². The van der Waals surface area contributed by atoms with Crippen LogP contribution in [0.3, 0.4) is 0 Å². The van der Waals surface area contributed by atoms with Crippen LogP contribution >= 0.6 is 11.6 Å². The maximum atomic E-state index is 12.8. The molecule has 0 aliphatic heterocycles. The normalized spacial score (nSPS) is 11.1. The Labute approximate surface area is 158 Å². The fraction of sp³-hybridized carbons (Fsp3) is 0.0526. The zero-order chi connectivity index (χ0) is 19.4. The number of amides is 1. The molecule has 0 spiro atoms. The van der Waals surface area contributed by atoms with Crippen molar-refractivity contribution in [1.29, 1.82) is 0 Å². The van der Waals surface area contributed by atoms with Crippen LogP contribution in [0.1, 0.15) is 15.9 Å². The van der Waals surface area contributed by atoms with Crippen LogP contribution in [0.25, 0.3) is 0 Å². The van der Waals surface area contributed by atoms with E-state index in [1.807, 2.05) is 0 Å². The van der Waals surface area contributed by atoms with Crippen LogP contribution < -0.4 is 10.6 Å². The van der Waals surface area contributed by atoms with E-state index in [1.54, 1.807) is 30.3 Å². The highest BCUT2D eigenvalue weighted by Gasteiger charge is 2.30. The van der Waals surface area contributed by atoms with E-state index in [-0.39, 0.29) is 11.6 Å². The third-order valence-electron chi connectivity index (χ3n) is 3.57. The number of rotatable bonds is 4. The Morgan fingerprint density at radius 3 is 2.41 bits per heavy atom. The van der Waals surface area contributed by atoms with Crippen LogP contribution in [0.5, 0.6) is 0 Å². The van der Waals surface area contributed by atoms with Crippen molar-refractivity contribution in [2.45, 2.75) is 6.18 Å². The summed E-state index contributed by atoms with van der Waals surface area (Å²) >= 11 is 5.86. The van der Waals surface area contributed by atoms with E-state index >= 15 is 0 Å². The second-order valence-electron chi connectivity index (χ2n) is 5.60. The van der Waals surface area contributed by atoms with Crippen molar-refractivity contribution in [2.24, 2.45) is 0 Å². The van der Waals surface area contributed by atoms with Gasteiger partial charge < -0.3 is 10.6 Å². The Kier molecular flexibility index (Phi) is 5.32. The third kappa shape index (κ3) is 4.98. The largest absolute Gasteiger partial charge is 0.416 e. The van der Waals surface area contributed by atoms with Crippen molar-refractivity contribution < 1.29 is 18.0 Å². The standard InChI is InChI=1S/C19H13ClF3N3O/c20-14-5-1-3-12(9-14)18(27)26-16-7-8-17(24-11-16)25-15-6-2-4-13(10-15)19(21,22)23/h1-11H,(H,24,25)(H,26,27). The molecule has 3 aromatic rings. The number of hydrogen-bond acceptors (Lipinski definition) is 3. The van der Waals surface area contributed by atoms with Gasteiger partial charge in [-0.15, -0.1) is 0 Å². The van der Waals surface area contributed by atoms with Gasteiger partial charge in [-0.1, -0.05) is 23.7 Å². The first-order valence-corrected chi connectivity index (χ1v) is 8.16. The minimum absolute atomic E-state index is 0.257. The number of alkyl halides is 3. The number of pyridine rings is 1. The van der Waals surface area contributed by atoms with Crippen molar-refractivity contribution in [2.75, 3.05) is 10.6 Å². The first kappa shape index (κ1) is 18.7. The van der Waals surface area contributed by atoms with Crippen LogP contribution in [0, 0.1) is 0 Å². The maximum absolute atomic E-state index is 12.8. The fourth-order valence-electron chi connectivity index (χ4n) is 2.30. The lowest BCUT2D eigenvalue weighted by molar-refractivity contribution is -0.137. The number of carbonyl (C=O) groups is 1. The molecule has 0 radical (unpaired) electrons. The molecule has 1 aromatic heterocycles. The SMILES string of the molecule is O=C(Nc1ccc(Nc2cccc(C(F)(F)F)c2)nc1)c1cccc(Cl)c1. The van der Waals surface area contributed by atoms with E-state index < -0.39 is 11.7 Å². The van der Waals surface area contributed by atoms with Gasteiger partial charge in [-0.2, -0.15) is 13.2 Å². The lowest BCUT2D eigenvalue weighted by Gasteiger charge is -2.11. The average molecular weight is 392 g/mol. The van der Waals surface area contributed by atoms with Crippen molar-refractivity contribution in [1.82, 2.24) is 4.98 Å². The Morgan fingerprint density at radius 2 is 1.74 bits per heavy atom. The molecule has 27 heavy (non-hydrogen) atoms. The van der Waals surface area contributed by atoms with Crippen molar-refractivity contribution in [3.05, 3.63) is 83.0 Å². The first-order chi connectivity index (χ1) is 12.8. The highest BCUT2D eigenvalue weighted by Crippen LogP contribution is 2.31. The van der Waals surface area contributed by atoms with E-state index in [2.05, 4.69) is 15.6 Å². The number of halogens is 4. The Balaban J connectivity index is 1.68. The molecule has 0 unspecified atom stereocenters. The minimum Gasteiger partial charge on any atom is -0.340 e. The molecular formula is C19H13ClF3N3O. The molecule has 1 amide bonds. The molecule has 0 atom stereocenters. The van der Waals surface area contributed by atoms with E-state index in [9.17, 15) is 18.0 Å². The fourth-order valence-corrected chi connectivity index (χ4v) is 2.49. The molecule has 0 bridgehead atoms. The molecule has 8 heteroatoms. The van der Waals surface area contributed by atoms with E-state index in [4.69, 9.17) is 11.6 Å². The molecule has 4 nitrogen and oxygen atoms in total. The molecule has 1 heterocycles. The minimum atomic E-state index is -4.42. The summed E-state index contributed by atoms with van der Waals surface area (Å²) in [6, 6.07) is 14.4. The molecule has 0 saturated carbocycles. The summed E-state index contributed by atoms with van der Waals surface area (Å²) in [6.07, 6.45) is -3.02. The van der Waals surface area contributed by atoms with E-state index in [1.165, 1.54) is 24.4 Å². The van der Waals surface area contributed by atoms with Gasteiger partial charge in [0.15, 0.2) is 0 Å². The van der Waals surface area contributed by atoms with Gasteiger partial charge in [0.2, 0.25) is 0 Å². The number of aromatic nitrogens is 1. The van der Waals surface area contributed by atoms with Crippen molar-refractivity contribution in [3.8, 4) is 0 Å². The first-order valence-electron chi connectivity index (χ1n) is 7.78. The zero-order valence-corrected chi connectivity index (χ0v) is 14.5. The average Bonchev–Trinajstić information content (AvgIpc) is 2.63. The summed E-state index contributed by atoms with van der Waals surface area (Å²) in [7, 11) is 0. The quantitative estimate of drug-likeness (QED) is 0.595. The number of benzene rings is 2. The summed E-state index contributed by atoms with van der Waals surface area (Å²) in [5.41, 5.74) is 0.342. The number of nitrogens with zero attached hydrogens (tertiary/aromatic N) is 1. The highest BCUT2D eigenvalue weighted by atomic mass is 35.5. The molecule has 138 valence electrons. The van der Waals surface area contributed by atoms with Gasteiger partial charge >= 0.3 is 6.18 Å². The molecule has 3 rings (SSSR count). The zero-order valence-electron chi connectivity index (χ0n) is 13.7. The van der Waals surface area contributed by atoms with Gasteiger partial charge in [-0.05, 0) is 48.5 Å². The predicted octanol–water partition coefficient (Wildman–Crippen LogP) is 5.75. The number of carbonyl (C=O) groups excluding carboxylic acids is 1. The molecule has 0 saturated heterocycles. The van der Waals surface area contributed by atoms with E-state index in [0.29, 0.717) is 22.1 Å². The van der Waals surface area contributed by atoms with Gasteiger partial charge in [-0.25, -0.2) is 4.98 Å². The summed E-state index contributed by atoms with van der Waals surface area (Å²) in [6.45, 7) is 0. The molecular weight excluding hydrogens is 379 g/mol. The smallest absolute Gasteiger partial charge is 0.340 e. The third-order valence-corrected chi connectivity index (χ3v) is 3.81. The second kappa shape index (κ2) is 7.67. The molecule has 0 aliphatic rings. The number of anilines is 3. The molecule has 0 fully saturated rings. The van der Waals surface area contributed by atoms with Crippen molar-refractivity contribution in [3.63, 3.8) is 0 Å². The maximum Gasteiger partial charge on any atom is 0.416 e. The summed E-state index contributed by atoms with van der Waals surface area (Å²) < 4.78 is 38.3. The topological polar surface area (TPSA) is 54.0 Å². The Hall–Kier alpha value is -3.06. The Morgan fingerprint density at radius 1 is 0.963 bits per heavy atom. The van der Waals surface area contributed by atoms with Crippen LogP contribution in [-0.4, -0.2) is 10.9 Å². The monoisotopic (exact) mass is 391 g/mol. The molecule has 0 aliphatic carbocycles. The van der Waals surface area contributed by atoms with Crippen LogP contribution in [-0.2, 0) is 6.18 Å². The lowest BCUT2D eigenvalue weighted by Crippen LogP contribution is -2.12. The predicted molar refractivity (Wildman–Crippen MR) is 98.4 cm³/mol. The highest BCUT2D eigenvalue weighted by molar-refractivity contribution is 6.31. The summed E-state index contributed by atoms with van der Waals surface area (Å²) in [4.78, 5) is 16.3. The van der Waals surface area contributed by atoms with Gasteiger partial charge in [0.1, 0.15) is 5.82 Å². The number of hydrogen-bond donors (Lipinski definition) is 2. The Bertz CT molecular complexity index is 959. The van der Waals surface area contributed by atoms with Crippen LogP contribution in [0.4, 0.5) is 30.4 Å². The van der Waals surface area contributed by atoms with E-state index in [0.717, 1.165) is 12.1 Å². The second-order valence-corrected chi connectivity index (χ2v) is 6.04. The van der Waals surface area contributed by atoms with Gasteiger partial charge in [-0.3, -0.25) is 4.79 Å². The lowest BCUT2D eigenvalue weighted by atomic mass is 10.2. The molecule has 2 aromatic carbocycles. The van der Waals surface area contributed by atoms with Crippen molar-refractivity contribution >= 4 is 34.7 Å². The van der Waals surface area contributed by atoms with Crippen LogP contribution in [0.2, 0.25) is 5.02 Å².